The van der Waals surface area contributed by atoms with E-state index in [1.54, 1.807) is 11.3 Å². The average Bonchev–Trinajstić information content (AvgIpc) is 2.41. The van der Waals surface area contributed by atoms with E-state index in [0.29, 0.717) is 13.0 Å². The Kier molecular flexibility index (Phi) is 3.29. The fourth-order valence-corrected chi connectivity index (χ4v) is 2.93. The lowest BCUT2D eigenvalue weighted by Crippen LogP contribution is -2.24. The molecule has 15 heavy (non-hydrogen) atoms. The summed E-state index contributed by atoms with van der Waals surface area (Å²) in [6.07, 6.45) is 0.496. The Labute approximate surface area is 97.8 Å². The van der Waals surface area contributed by atoms with Gasteiger partial charge in [-0.2, -0.15) is 0 Å². The van der Waals surface area contributed by atoms with Crippen molar-refractivity contribution in [3.8, 4) is 0 Å². The number of nitrogens with one attached hydrogen (secondary N) is 2. The van der Waals surface area contributed by atoms with Crippen LogP contribution < -0.4 is 10.6 Å². The van der Waals surface area contributed by atoms with Crippen LogP contribution in [-0.2, 0) is 4.79 Å². The van der Waals surface area contributed by atoms with E-state index in [4.69, 9.17) is 11.6 Å². The van der Waals surface area contributed by atoms with Crippen molar-refractivity contribution in [1.29, 1.82) is 0 Å². The third-order valence-electron chi connectivity index (χ3n) is 2.45. The number of carbonyl (C=O) groups is 1. The zero-order valence-electron chi connectivity index (χ0n) is 8.47. The molecule has 0 radical (unpaired) electrons. The molecule has 1 aliphatic heterocycles. The second-order valence-corrected chi connectivity index (χ2v) is 5.31. The molecule has 0 spiro atoms. The molecule has 0 aliphatic carbocycles. The standard InChI is InChI=1S/C10H13ClN2OS/c1-6-7(11)4-9(15-6)8-5-10(14)13-3-2-12-8/h4,8,12H,2-3,5H2,1H3,(H,13,14). The summed E-state index contributed by atoms with van der Waals surface area (Å²) < 4.78 is 0. The molecular formula is C10H13ClN2OS. The molecule has 3 nitrogen and oxygen atoms in total. The predicted octanol–water partition coefficient (Wildman–Crippen LogP) is 1.86. The first kappa shape index (κ1) is 10.9. The van der Waals surface area contributed by atoms with Crippen LogP contribution >= 0.6 is 22.9 Å². The largest absolute Gasteiger partial charge is 0.355 e. The van der Waals surface area contributed by atoms with E-state index in [-0.39, 0.29) is 11.9 Å². The van der Waals surface area contributed by atoms with Crippen molar-refractivity contribution >= 4 is 28.8 Å². The second-order valence-electron chi connectivity index (χ2n) is 3.61. The van der Waals surface area contributed by atoms with Crippen molar-refractivity contribution in [2.75, 3.05) is 13.1 Å². The van der Waals surface area contributed by atoms with Crippen molar-refractivity contribution in [3.05, 3.63) is 20.8 Å². The van der Waals surface area contributed by atoms with Crippen LogP contribution in [0.5, 0.6) is 0 Å². The maximum Gasteiger partial charge on any atom is 0.221 e. The fraction of sp³-hybridized carbons (Fsp3) is 0.500. The molecule has 2 N–H and O–H groups in total. The summed E-state index contributed by atoms with van der Waals surface area (Å²) in [4.78, 5) is 13.6. The quantitative estimate of drug-likeness (QED) is 0.792. The van der Waals surface area contributed by atoms with Gasteiger partial charge in [0.15, 0.2) is 0 Å². The molecule has 1 amide bonds. The van der Waals surface area contributed by atoms with Gasteiger partial charge < -0.3 is 10.6 Å². The van der Waals surface area contributed by atoms with Gasteiger partial charge in [-0.3, -0.25) is 4.79 Å². The molecular weight excluding hydrogens is 232 g/mol. The van der Waals surface area contributed by atoms with Crippen LogP contribution in [0.4, 0.5) is 0 Å². The molecule has 1 saturated heterocycles. The van der Waals surface area contributed by atoms with Gasteiger partial charge in [-0.05, 0) is 13.0 Å². The molecule has 2 heterocycles. The summed E-state index contributed by atoms with van der Waals surface area (Å²) in [5, 5.41) is 6.97. The van der Waals surface area contributed by atoms with E-state index in [1.165, 1.54) is 0 Å². The number of rotatable bonds is 1. The highest BCUT2D eigenvalue weighted by molar-refractivity contribution is 7.12. The zero-order valence-corrected chi connectivity index (χ0v) is 10.0. The first-order valence-electron chi connectivity index (χ1n) is 4.92. The van der Waals surface area contributed by atoms with Gasteiger partial charge in [0.1, 0.15) is 0 Å². The van der Waals surface area contributed by atoms with Crippen LogP contribution in [-0.4, -0.2) is 19.0 Å². The summed E-state index contributed by atoms with van der Waals surface area (Å²) in [5.74, 6) is 0.104. The van der Waals surface area contributed by atoms with E-state index in [2.05, 4.69) is 10.6 Å². The Morgan fingerprint density at radius 2 is 2.33 bits per heavy atom. The first-order valence-corrected chi connectivity index (χ1v) is 6.12. The number of thiophene rings is 1. The fourth-order valence-electron chi connectivity index (χ4n) is 1.63. The number of halogens is 1. The smallest absolute Gasteiger partial charge is 0.221 e. The van der Waals surface area contributed by atoms with Crippen LogP contribution in [0.25, 0.3) is 0 Å². The van der Waals surface area contributed by atoms with E-state index in [9.17, 15) is 4.79 Å². The minimum atomic E-state index is 0.104. The van der Waals surface area contributed by atoms with Crippen LogP contribution in [0.15, 0.2) is 6.07 Å². The lowest BCUT2D eigenvalue weighted by atomic mass is 10.1. The van der Waals surface area contributed by atoms with Crippen LogP contribution in [0.2, 0.25) is 5.02 Å². The Bertz CT molecular complexity index is 358. The normalized spacial score (nSPS) is 22.3. The molecule has 1 aliphatic rings. The average molecular weight is 245 g/mol. The molecule has 1 unspecified atom stereocenters. The minimum Gasteiger partial charge on any atom is -0.355 e. The molecule has 0 saturated carbocycles. The molecule has 82 valence electrons. The van der Waals surface area contributed by atoms with Crippen molar-refractivity contribution in [2.45, 2.75) is 19.4 Å². The van der Waals surface area contributed by atoms with Gasteiger partial charge in [0, 0.05) is 29.3 Å². The summed E-state index contributed by atoms with van der Waals surface area (Å²) in [7, 11) is 0. The van der Waals surface area contributed by atoms with Crippen LogP contribution in [0.3, 0.4) is 0 Å². The van der Waals surface area contributed by atoms with Crippen LogP contribution in [0, 0.1) is 6.92 Å². The van der Waals surface area contributed by atoms with E-state index in [1.807, 2.05) is 13.0 Å². The van der Waals surface area contributed by atoms with E-state index >= 15 is 0 Å². The van der Waals surface area contributed by atoms with E-state index < -0.39 is 0 Å². The molecule has 5 heteroatoms. The highest BCUT2D eigenvalue weighted by Gasteiger charge is 2.20. The van der Waals surface area contributed by atoms with Gasteiger partial charge in [-0.25, -0.2) is 0 Å². The number of carbonyl (C=O) groups excluding carboxylic acids is 1. The molecule has 1 fully saturated rings. The topological polar surface area (TPSA) is 41.1 Å². The highest BCUT2D eigenvalue weighted by Crippen LogP contribution is 2.31. The van der Waals surface area contributed by atoms with Gasteiger partial charge in [0.2, 0.25) is 5.91 Å². The number of aryl methyl sites for hydroxylation is 1. The Balaban J connectivity index is 2.18. The molecule has 2 rings (SSSR count). The van der Waals surface area contributed by atoms with Gasteiger partial charge in [-0.1, -0.05) is 11.6 Å². The van der Waals surface area contributed by atoms with Gasteiger partial charge in [-0.15, -0.1) is 11.3 Å². The minimum absolute atomic E-state index is 0.104. The molecule has 1 aromatic rings. The second kappa shape index (κ2) is 4.51. The third-order valence-corrected chi connectivity index (χ3v) is 4.12. The monoisotopic (exact) mass is 244 g/mol. The molecule has 0 bridgehead atoms. The van der Waals surface area contributed by atoms with Crippen molar-refractivity contribution in [3.63, 3.8) is 0 Å². The maximum absolute atomic E-state index is 11.4. The van der Waals surface area contributed by atoms with Crippen molar-refractivity contribution in [2.24, 2.45) is 0 Å². The number of hydrogen-bond donors (Lipinski definition) is 2. The summed E-state index contributed by atoms with van der Waals surface area (Å²) in [6, 6.07) is 2.07. The Morgan fingerprint density at radius 1 is 1.53 bits per heavy atom. The van der Waals surface area contributed by atoms with Gasteiger partial charge >= 0.3 is 0 Å². The van der Waals surface area contributed by atoms with Gasteiger partial charge in [0.25, 0.3) is 0 Å². The molecule has 1 atom stereocenters. The maximum atomic E-state index is 11.4. The Hall–Kier alpha value is -0.580. The highest BCUT2D eigenvalue weighted by atomic mass is 35.5. The number of amides is 1. The Morgan fingerprint density at radius 3 is 3.00 bits per heavy atom. The third kappa shape index (κ3) is 2.51. The SMILES string of the molecule is Cc1sc(C2CC(=O)NCCN2)cc1Cl. The first-order chi connectivity index (χ1) is 7.16. The summed E-state index contributed by atoms with van der Waals surface area (Å²) in [6.45, 7) is 3.51. The zero-order chi connectivity index (χ0) is 10.8. The number of hydrogen-bond acceptors (Lipinski definition) is 3. The van der Waals surface area contributed by atoms with Gasteiger partial charge in [0.05, 0.1) is 11.1 Å². The van der Waals surface area contributed by atoms with Crippen molar-refractivity contribution < 1.29 is 4.79 Å². The summed E-state index contributed by atoms with van der Waals surface area (Å²) in [5.41, 5.74) is 0. The van der Waals surface area contributed by atoms with Crippen molar-refractivity contribution in [1.82, 2.24) is 10.6 Å². The van der Waals surface area contributed by atoms with E-state index in [0.717, 1.165) is 21.3 Å². The lowest BCUT2D eigenvalue weighted by Gasteiger charge is -2.11. The predicted molar refractivity (Wildman–Crippen MR) is 62.4 cm³/mol. The summed E-state index contributed by atoms with van der Waals surface area (Å²) >= 11 is 7.67. The molecule has 0 aromatic carbocycles. The van der Waals surface area contributed by atoms with Crippen LogP contribution in [0.1, 0.15) is 22.2 Å². The molecule has 1 aromatic heterocycles. The lowest BCUT2D eigenvalue weighted by molar-refractivity contribution is -0.121.